The zero-order chi connectivity index (χ0) is 14.1. The van der Waals surface area contributed by atoms with E-state index in [9.17, 15) is 32.1 Å². The third-order valence-corrected chi connectivity index (χ3v) is 1.89. The monoisotopic (exact) mass is 272 g/mol. The van der Waals surface area contributed by atoms with Gasteiger partial charge in [-0.2, -0.15) is 13.2 Å². The number of pyridine rings is 1. The summed E-state index contributed by atoms with van der Waals surface area (Å²) >= 11 is 0. The second-order valence-electron chi connectivity index (χ2n) is 3.01. The maximum absolute atomic E-state index is 12.5. The molecule has 1 aromatic rings. The van der Waals surface area contributed by atoms with Gasteiger partial charge in [0.25, 0.3) is 6.43 Å². The molecule has 0 aromatic carbocycles. The van der Waals surface area contributed by atoms with Crippen LogP contribution in [-0.4, -0.2) is 17.0 Å². The number of hydrogen-bond donors (Lipinski definition) is 0. The summed E-state index contributed by atoms with van der Waals surface area (Å²) in [4.78, 5) is 11.7. The number of halogens is 5. The third kappa shape index (κ3) is 2.63. The normalized spacial score (nSPS) is 11.7. The number of aromatic nitrogens is 1. The lowest BCUT2D eigenvalue weighted by Gasteiger charge is -2.11. The number of hydrogen-bond acceptors (Lipinski definition) is 4. The lowest BCUT2D eigenvalue weighted by molar-refractivity contribution is -0.390. The van der Waals surface area contributed by atoms with Crippen LogP contribution in [0.5, 0.6) is 5.88 Å². The predicted molar refractivity (Wildman–Crippen MR) is 47.4 cm³/mol. The Bertz CT molecular complexity index is 475. The van der Waals surface area contributed by atoms with Crippen LogP contribution in [0.2, 0.25) is 0 Å². The lowest BCUT2D eigenvalue weighted by atomic mass is 10.1. The van der Waals surface area contributed by atoms with E-state index < -0.39 is 40.3 Å². The van der Waals surface area contributed by atoms with Crippen LogP contribution < -0.4 is 4.74 Å². The topological polar surface area (TPSA) is 65.3 Å². The Kier molecular flexibility index (Phi) is 3.67. The average Bonchev–Trinajstić information content (AvgIpc) is 2.25. The summed E-state index contributed by atoms with van der Waals surface area (Å²) in [7, 11) is 0.906. The standard InChI is InChI=1S/C8H5F5N2O3/c1-18-4-2-3(7(9)10)5(15(16)17)6(14-4)8(11,12)13/h2,7H,1H3. The molecule has 0 bridgehead atoms. The molecule has 0 aliphatic carbocycles. The summed E-state index contributed by atoms with van der Waals surface area (Å²) in [5.41, 5.74) is -5.17. The van der Waals surface area contributed by atoms with Gasteiger partial charge in [-0.15, -0.1) is 0 Å². The smallest absolute Gasteiger partial charge is 0.440 e. The molecule has 1 rings (SSSR count). The first kappa shape index (κ1) is 14.1. The molecule has 0 spiro atoms. The molecule has 0 saturated heterocycles. The van der Waals surface area contributed by atoms with E-state index in [1.165, 1.54) is 0 Å². The third-order valence-electron chi connectivity index (χ3n) is 1.89. The molecule has 0 aliphatic rings. The van der Waals surface area contributed by atoms with Gasteiger partial charge >= 0.3 is 11.9 Å². The van der Waals surface area contributed by atoms with Crippen LogP contribution in [0.3, 0.4) is 0 Å². The molecule has 0 fully saturated rings. The highest BCUT2D eigenvalue weighted by Crippen LogP contribution is 2.41. The first-order valence-corrected chi connectivity index (χ1v) is 4.27. The number of rotatable bonds is 3. The minimum absolute atomic E-state index is 0.401. The van der Waals surface area contributed by atoms with Gasteiger partial charge in [0, 0.05) is 6.07 Å². The van der Waals surface area contributed by atoms with E-state index in [1.807, 2.05) is 0 Å². The van der Waals surface area contributed by atoms with Gasteiger partial charge in [-0.3, -0.25) is 10.1 Å². The Morgan fingerprint density at radius 3 is 2.33 bits per heavy atom. The van der Waals surface area contributed by atoms with E-state index in [2.05, 4.69) is 9.72 Å². The van der Waals surface area contributed by atoms with Crippen LogP contribution in [-0.2, 0) is 6.18 Å². The van der Waals surface area contributed by atoms with Gasteiger partial charge in [-0.1, -0.05) is 0 Å². The van der Waals surface area contributed by atoms with Gasteiger partial charge in [0.05, 0.1) is 12.0 Å². The molecule has 100 valence electrons. The highest BCUT2D eigenvalue weighted by molar-refractivity contribution is 5.48. The molecule has 0 aliphatic heterocycles. The van der Waals surface area contributed by atoms with Crippen molar-refractivity contribution in [1.82, 2.24) is 4.98 Å². The van der Waals surface area contributed by atoms with Gasteiger partial charge < -0.3 is 4.74 Å². The molecular weight excluding hydrogens is 267 g/mol. The lowest BCUT2D eigenvalue weighted by Crippen LogP contribution is -2.14. The molecule has 0 saturated carbocycles. The maximum atomic E-state index is 12.5. The van der Waals surface area contributed by atoms with Crippen molar-refractivity contribution in [3.63, 3.8) is 0 Å². The first-order chi connectivity index (χ1) is 8.18. The van der Waals surface area contributed by atoms with Crippen LogP contribution >= 0.6 is 0 Å². The minimum atomic E-state index is -5.24. The van der Waals surface area contributed by atoms with E-state index >= 15 is 0 Å². The number of methoxy groups -OCH3 is 1. The fourth-order valence-electron chi connectivity index (χ4n) is 1.19. The zero-order valence-corrected chi connectivity index (χ0v) is 8.66. The summed E-state index contributed by atoms with van der Waals surface area (Å²) in [6.07, 6.45) is -8.69. The molecule has 1 aromatic heterocycles. The Labute approximate surface area is 96.3 Å². The van der Waals surface area contributed by atoms with Crippen LogP contribution in [0, 0.1) is 10.1 Å². The van der Waals surface area contributed by atoms with Crippen molar-refractivity contribution in [1.29, 1.82) is 0 Å². The molecule has 18 heavy (non-hydrogen) atoms. The van der Waals surface area contributed by atoms with Crippen molar-refractivity contribution in [3.05, 3.63) is 27.4 Å². The van der Waals surface area contributed by atoms with Crippen LogP contribution in [0.15, 0.2) is 6.07 Å². The predicted octanol–water partition coefficient (Wildman–Crippen LogP) is 2.95. The Morgan fingerprint density at radius 1 is 1.44 bits per heavy atom. The van der Waals surface area contributed by atoms with E-state index in [4.69, 9.17) is 0 Å². The maximum Gasteiger partial charge on any atom is 0.440 e. The molecule has 0 atom stereocenters. The Morgan fingerprint density at radius 2 is 2.00 bits per heavy atom. The Hall–Kier alpha value is -2.00. The van der Waals surface area contributed by atoms with E-state index in [0.717, 1.165) is 7.11 Å². The van der Waals surface area contributed by atoms with Crippen molar-refractivity contribution >= 4 is 5.69 Å². The highest BCUT2D eigenvalue weighted by atomic mass is 19.4. The van der Waals surface area contributed by atoms with Crippen LogP contribution in [0.25, 0.3) is 0 Å². The number of ether oxygens (including phenoxy) is 1. The summed E-state index contributed by atoms with van der Waals surface area (Å²) < 4.78 is 66.8. The fraction of sp³-hybridized carbons (Fsp3) is 0.375. The van der Waals surface area contributed by atoms with Crippen molar-refractivity contribution < 1.29 is 31.6 Å². The molecule has 0 amide bonds. The van der Waals surface area contributed by atoms with Crippen molar-refractivity contribution in [2.24, 2.45) is 0 Å². The number of nitro groups is 1. The molecule has 0 radical (unpaired) electrons. The van der Waals surface area contributed by atoms with Gasteiger partial charge in [0.15, 0.2) is 0 Å². The number of nitrogens with zero attached hydrogens (tertiary/aromatic N) is 2. The molecule has 5 nitrogen and oxygen atoms in total. The SMILES string of the molecule is COc1cc(C(F)F)c([N+](=O)[O-])c(C(F)(F)F)n1. The second kappa shape index (κ2) is 4.70. The molecule has 0 unspecified atom stereocenters. The molecule has 0 N–H and O–H groups in total. The van der Waals surface area contributed by atoms with Crippen LogP contribution in [0.4, 0.5) is 27.6 Å². The van der Waals surface area contributed by atoms with E-state index in [-0.39, 0.29) is 0 Å². The van der Waals surface area contributed by atoms with Crippen molar-refractivity contribution in [2.45, 2.75) is 12.6 Å². The zero-order valence-electron chi connectivity index (χ0n) is 8.66. The quantitative estimate of drug-likeness (QED) is 0.482. The van der Waals surface area contributed by atoms with Gasteiger partial charge in [-0.25, -0.2) is 13.8 Å². The minimum Gasteiger partial charge on any atom is -0.481 e. The van der Waals surface area contributed by atoms with Gasteiger partial charge in [0.1, 0.15) is 5.56 Å². The molecule has 1 heterocycles. The largest absolute Gasteiger partial charge is 0.481 e. The number of alkyl halides is 5. The Balaban J connectivity index is 3.66. The van der Waals surface area contributed by atoms with Crippen LogP contribution in [0.1, 0.15) is 17.7 Å². The summed E-state index contributed by atoms with van der Waals surface area (Å²) in [6, 6.07) is 0.401. The summed E-state index contributed by atoms with van der Waals surface area (Å²) in [5.74, 6) is -0.775. The van der Waals surface area contributed by atoms with Crippen molar-refractivity contribution in [3.8, 4) is 5.88 Å². The average molecular weight is 272 g/mol. The summed E-state index contributed by atoms with van der Waals surface area (Å²) in [6.45, 7) is 0. The molecular formula is C8H5F5N2O3. The summed E-state index contributed by atoms with van der Waals surface area (Å²) in [5, 5.41) is 10.5. The van der Waals surface area contributed by atoms with Crippen molar-refractivity contribution in [2.75, 3.05) is 7.11 Å². The van der Waals surface area contributed by atoms with Gasteiger partial charge in [0.2, 0.25) is 11.6 Å². The first-order valence-electron chi connectivity index (χ1n) is 4.27. The van der Waals surface area contributed by atoms with E-state index in [0.29, 0.717) is 6.07 Å². The molecule has 10 heteroatoms. The highest BCUT2D eigenvalue weighted by Gasteiger charge is 2.44. The van der Waals surface area contributed by atoms with E-state index in [1.54, 1.807) is 0 Å². The fourth-order valence-corrected chi connectivity index (χ4v) is 1.19. The van der Waals surface area contributed by atoms with Gasteiger partial charge in [-0.05, 0) is 0 Å². The second-order valence-corrected chi connectivity index (χ2v) is 3.01.